The van der Waals surface area contributed by atoms with Gasteiger partial charge in [0.25, 0.3) is 0 Å². The topological polar surface area (TPSA) is 82.1 Å². The molecule has 7 nitrogen and oxygen atoms in total. The van der Waals surface area contributed by atoms with Crippen molar-refractivity contribution in [1.29, 1.82) is 0 Å². The van der Waals surface area contributed by atoms with Crippen molar-refractivity contribution >= 4 is 24.8 Å². The number of hydrogen-bond acceptors (Lipinski definition) is 6. The third-order valence-electron chi connectivity index (χ3n) is 5.38. The van der Waals surface area contributed by atoms with Crippen LogP contribution in [0.15, 0.2) is 54.9 Å². The molecule has 1 fully saturated rings. The van der Waals surface area contributed by atoms with E-state index < -0.39 is 0 Å². The van der Waals surface area contributed by atoms with Crippen LogP contribution in [0.25, 0.3) is 0 Å². The zero-order valence-electron chi connectivity index (χ0n) is 16.9. The molecule has 2 aromatic carbocycles. The van der Waals surface area contributed by atoms with Gasteiger partial charge in [0.1, 0.15) is 12.1 Å². The van der Waals surface area contributed by atoms with E-state index in [-0.39, 0.29) is 36.9 Å². The van der Waals surface area contributed by atoms with E-state index >= 15 is 0 Å². The number of nitrogens with two attached hydrogens (primary N) is 1. The Bertz CT molecular complexity index is 894. The monoisotopic (exact) mass is 450 g/mol. The number of hydrogen-bond donors (Lipinski definition) is 1. The molecule has 1 saturated heterocycles. The molecule has 3 aromatic rings. The molecular formula is C21H28Cl2N6O. The summed E-state index contributed by atoms with van der Waals surface area (Å²) < 4.78 is 7.36. The molecule has 2 atom stereocenters. The van der Waals surface area contributed by atoms with Gasteiger partial charge in [0.05, 0.1) is 19.7 Å². The highest BCUT2D eigenvalue weighted by molar-refractivity contribution is 5.85. The van der Waals surface area contributed by atoms with Crippen LogP contribution < -0.4 is 10.5 Å². The molecule has 30 heavy (non-hydrogen) atoms. The van der Waals surface area contributed by atoms with Crippen molar-refractivity contribution in [2.75, 3.05) is 13.7 Å². The molecule has 0 unspecified atom stereocenters. The third kappa shape index (κ3) is 5.49. The SMILES string of the molecule is COc1ccc(Cn2cnnn2)cc1CN1CCC[C@H](N)[C@@H]1c1ccccc1.Cl.Cl. The maximum atomic E-state index is 6.55. The first kappa shape index (κ1) is 24.1. The van der Waals surface area contributed by atoms with Crippen LogP contribution in [0, 0.1) is 0 Å². The van der Waals surface area contributed by atoms with E-state index in [0.717, 1.165) is 42.8 Å². The zero-order chi connectivity index (χ0) is 19.3. The van der Waals surface area contributed by atoms with Crippen molar-refractivity contribution in [3.05, 3.63) is 71.5 Å². The normalized spacial score (nSPS) is 18.9. The van der Waals surface area contributed by atoms with Crippen LogP contribution in [0.4, 0.5) is 0 Å². The van der Waals surface area contributed by atoms with Crippen LogP contribution in [0.5, 0.6) is 5.75 Å². The molecule has 4 rings (SSSR count). The molecular weight excluding hydrogens is 423 g/mol. The molecule has 2 N–H and O–H groups in total. The first-order chi connectivity index (χ1) is 13.7. The molecule has 2 heterocycles. The third-order valence-corrected chi connectivity index (χ3v) is 5.38. The van der Waals surface area contributed by atoms with Crippen molar-refractivity contribution in [3.63, 3.8) is 0 Å². The number of methoxy groups -OCH3 is 1. The van der Waals surface area contributed by atoms with Gasteiger partial charge in [-0.05, 0) is 53.1 Å². The minimum Gasteiger partial charge on any atom is -0.496 e. The molecule has 1 aliphatic heterocycles. The number of tetrazole rings is 1. The molecule has 0 amide bonds. The number of nitrogens with zero attached hydrogens (tertiary/aromatic N) is 5. The predicted octanol–water partition coefficient (Wildman–Crippen LogP) is 3.24. The van der Waals surface area contributed by atoms with Crippen molar-refractivity contribution in [3.8, 4) is 5.75 Å². The van der Waals surface area contributed by atoms with E-state index in [2.05, 4.69) is 56.8 Å². The van der Waals surface area contributed by atoms with E-state index in [1.165, 1.54) is 5.56 Å². The second kappa shape index (κ2) is 11.3. The van der Waals surface area contributed by atoms with Gasteiger partial charge in [-0.1, -0.05) is 36.4 Å². The predicted molar refractivity (Wildman–Crippen MR) is 121 cm³/mol. The Morgan fingerprint density at radius 3 is 2.60 bits per heavy atom. The van der Waals surface area contributed by atoms with E-state index in [1.807, 2.05) is 12.1 Å². The van der Waals surface area contributed by atoms with E-state index in [4.69, 9.17) is 10.5 Å². The Balaban J connectivity index is 0.00000160. The average Bonchev–Trinajstić information content (AvgIpc) is 3.22. The van der Waals surface area contributed by atoms with Crippen molar-refractivity contribution in [2.24, 2.45) is 5.73 Å². The van der Waals surface area contributed by atoms with Crippen LogP contribution >= 0.6 is 24.8 Å². The lowest BCUT2D eigenvalue weighted by Gasteiger charge is -2.40. The Morgan fingerprint density at radius 1 is 1.10 bits per heavy atom. The summed E-state index contributed by atoms with van der Waals surface area (Å²) >= 11 is 0. The number of ether oxygens (including phenoxy) is 1. The Kier molecular flexibility index (Phi) is 9.05. The molecule has 0 bridgehead atoms. The molecule has 1 aliphatic rings. The minimum atomic E-state index is 0. The fourth-order valence-electron chi connectivity index (χ4n) is 4.10. The van der Waals surface area contributed by atoms with Gasteiger partial charge < -0.3 is 10.5 Å². The molecule has 0 spiro atoms. The number of likely N-dealkylation sites (tertiary alicyclic amines) is 1. The van der Waals surface area contributed by atoms with Gasteiger partial charge in [-0.2, -0.15) is 0 Å². The van der Waals surface area contributed by atoms with Gasteiger partial charge in [-0.25, -0.2) is 4.68 Å². The van der Waals surface area contributed by atoms with Gasteiger partial charge >= 0.3 is 0 Å². The van der Waals surface area contributed by atoms with E-state index in [0.29, 0.717) is 6.54 Å². The van der Waals surface area contributed by atoms with Crippen molar-refractivity contribution < 1.29 is 4.74 Å². The zero-order valence-corrected chi connectivity index (χ0v) is 18.6. The number of benzene rings is 2. The molecule has 0 aliphatic carbocycles. The fourth-order valence-corrected chi connectivity index (χ4v) is 4.10. The smallest absolute Gasteiger partial charge is 0.138 e. The summed E-state index contributed by atoms with van der Waals surface area (Å²) in [6.45, 7) is 2.44. The fraction of sp³-hybridized carbons (Fsp3) is 0.381. The Labute approximate surface area is 189 Å². The molecule has 0 radical (unpaired) electrons. The van der Waals surface area contributed by atoms with Gasteiger partial charge in [0.15, 0.2) is 0 Å². The molecule has 0 saturated carbocycles. The van der Waals surface area contributed by atoms with Crippen LogP contribution in [0.3, 0.4) is 0 Å². The number of rotatable bonds is 6. The Hall–Kier alpha value is -2.19. The number of halogens is 2. The maximum absolute atomic E-state index is 6.55. The number of aromatic nitrogens is 4. The summed E-state index contributed by atoms with van der Waals surface area (Å²) in [5.74, 6) is 0.895. The van der Waals surface area contributed by atoms with Gasteiger partial charge in [-0.15, -0.1) is 29.9 Å². The lowest BCUT2D eigenvalue weighted by Crippen LogP contribution is -2.45. The quantitative estimate of drug-likeness (QED) is 0.620. The highest BCUT2D eigenvalue weighted by Gasteiger charge is 2.30. The summed E-state index contributed by atoms with van der Waals surface area (Å²) in [6, 6.07) is 17.2. The van der Waals surface area contributed by atoms with Gasteiger partial charge in [0.2, 0.25) is 0 Å². The second-order valence-electron chi connectivity index (χ2n) is 7.29. The van der Waals surface area contributed by atoms with Crippen LogP contribution in [0.1, 0.15) is 35.6 Å². The first-order valence-electron chi connectivity index (χ1n) is 9.66. The molecule has 162 valence electrons. The standard InChI is InChI=1S/C21H26N6O.2ClH/c1-28-20-10-9-16(13-27-15-23-24-25-27)12-18(20)14-26-11-5-8-19(22)21(26)17-6-3-2-4-7-17;;/h2-4,6-7,9-10,12,15,19,21H,5,8,11,13-14,22H2,1H3;2*1H/t19-,21-;;/m0../s1. The molecule has 1 aromatic heterocycles. The molecule has 9 heteroatoms. The summed E-state index contributed by atoms with van der Waals surface area (Å²) in [5, 5.41) is 11.4. The van der Waals surface area contributed by atoms with Gasteiger partial charge in [0, 0.05) is 18.2 Å². The van der Waals surface area contributed by atoms with Crippen LogP contribution in [-0.4, -0.2) is 44.8 Å². The van der Waals surface area contributed by atoms with Crippen molar-refractivity contribution in [1.82, 2.24) is 25.1 Å². The van der Waals surface area contributed by atoms with E-state index in [9.17, 15) is 0 Å². The first-order valence-corrected chi connectivity index (χ1v) is 9.66. The highest BCUT2D eigenvalue weighted by Crippen LogP contribution is 2.33. The average molecular weight is 451 g/mol. The summed E-state index contributed by atoms with van der Waals surface area (Å²) in [4.78, 5) is 2.47. The van der Waals surface area contributed by atoms with Crippen molar-refractivity contribution in [2.45, 2.75) is 38.0 Å². The number of piperidine rings is 1. The lowest BCUT2D eigenvalue weighted by atomic mass is 9.90. The lowest BCUT2D eigenvalue weighted by molar-refractivity contribution is 0.119. The summed E-state index contributed by atoms with van der Waals surface area (Å²) in [7, 11) is 1.72. The summed E-state index contributed by atoms with van der Waals surface area (Å²) in [6.07, 6.45) is 3.78. The Morgan fingerprint density at radius 2 is 1.90 bits per heavy atom. The maximum Gasteiger partial charge on any atom is 0.138 e. The highest BCUT2D eigenvalue weighted by atomic mass is 35.5. The van der Waals surface area contributed by atoms with Crippen LogP contribution in [0.2, 0.25) is 0 Å². The largest absolute Gasteiger partial charge is 0.496 e. The van der Waals surface area contributed by atoms with E-state index in [1.54, 1.807) is 18.1 Å². The van der Waals surface area contributed by atoms with Crippen LogP contribution in [-0.2, 0) is 13.1 Å². The second-order valence-corrected chi connectivity index (χ2v) is 7.29. The minimum absolute atomic E-state index is 0. The summed E-state index contributed by atoms with van der Waals surface area (Å²) in [5.41, 5.74) is 10.1. The van der Waals surface area contributed by atoms with Gasteiger partial charge in [-0.3, -0.25) is 4.90 Å².